The molecule has 0 aromatic carbocycles. The van der Waals surface area contributed by atoms with Gasteiger partial charge in [0.25, 0.3) is 0 Å². The van der Waals surface area contributed by atoms with Crippen molar-refractivity contribution in [1.82, 2.24) is 0 Å². The minimum absolute atomic E-state index is 0.199. The van der Waals surface area contributed by atoms with Crippen LogP contribution in [0.1, 0.15) is 26.2 Å². The summed E-state index contributed by atoms with van der Waals surface area (Å²) in [6.07, 6.45) is 1.94. The quantitative estimate of drug-likeness (QED) is 0.545. The van der Waals surface area contributed by atoms with Crippen LogP contribution in [0, 0.1) is 0 Å². The molecule has 0 saturated heterocycles. The van der Waals surface area contributed by atoms with Gasteiger partial charge in [-0.2, -0.15) is 0 Å². The highest BCUT2D eigenvalue weighted by Crippen LogP contribution is 2.46. The predicted molar refractivity (Wildman–Crippen MR) is 49.3 cm³/mol. The third kappa shape index (κ3) is 4.21. The van der Waals surface area contributed by atoms with E-state index in [2.05, 4.69) is 0 Å². The van der Waals surface area contributed by atoms with Crippen molar-refractivity contribution in [3.63, 3.8) is 0 Å². The molecule has 0 amide bonds. The smallest absolute Gasteiger partial charge is 0.228 e. The first-order chi connectivity index (χ1) is 5.54. The van der Waals surface area contributed by atoms with Gasteiger partial charge in [0, 0.05) is 6.16 Å². The van der Waals surface area contributed by atoms with Gasteiger partial charge in [0.1, 0.15) is 5.85 Å². The standard InChI is InChI=1S/C7H18NO3P/c1-2-3-6-12(10,11)7(9)4-5-8/h7,9H,2-6,8H2,1H3,(H,10,11)/t7-/m1/s1. The lowest BCUT2D eigenvalue weighted by molar-refractivity contribution is 0.222. The molecule has 0 bridgehead atoms. The van der Waals surface area contributed by atoms with Gasteiger partial charge in [0.2, 0.25) is 7.37 Å². The molecule has 0 heterocycles. The van der Waals surface area contributed by atoms with Crippen LogP contribution in [0.3, 0.4) is 0 Å². The van der Waals surface area contributed by atoms with E-state index in [-0.39, 0.29) is 19.1 Å². The Bertz CT molecular complexity index is 163. The van der Waals surface area contributed by atoms with E-state index in [1.807, 2.05) is 6.92 Å². The Morgan fingerprint density at radius 3 is 2.58 bits per heavy atom. The summed E-state index contributed by atoms with van der Waals surface area (Å²) in [5, 5.41) is 9.21. The van der Waals surface area contributed by atoms with Crippen molar-refractivity contribution in [2.45, 2.75) is 32.0 Å². The molecule has 0 rings (SSSR count). The van der Waals surface area contributed by atoms with Gasteiger partial charge in [0.15, 0.2) is 0 Å². The Morgan fingerprint density at radius 2 is 2.17 bits per heavy atom. The molecular weight excluding hydrogens is 177 g/mol. The zero-order chi connectivity index (χ0) is 9.61. The largest absolute Gasteiger partial charge is 0.383 e. The molecule has 0 spiro atoms. The van der Waals surface area contributed by atoms with Crippen molar-refractivity contribution in [2.24, 2.45) is 5.73 Å². The maximum atomic E-state index is 11.3. The zero-order valence-electron chi connectivity index (χ0n) is 7.44. The maximum Gasteiger partial charge on any atom is 0.228 e. The van der Waals surface area contributed by atoms with Crippen LogP contribution < -0.4 is 5.73 Å². The number of aliphatic hydroxyl groups excluding tert-OH is 1. The first-order valence-electron chi connectivity index (χ1n) is 4.24. The van der Waals surface area contributed by atoms with E-state index in [1.54, 1.807) is 0 Å². The second kappa shape index (κ2) is 5.70. The minimum Gasteiger partial charge on any atom is -0.383 e. The number of unbranched alkanes of at least 4 members (excludes halogenated alkanes) is 1. The highest BCUT2D eigenvalue weighted by Gasteiger charge is 2.26. The van der Waals surface area contributed by atoms with Gasteiger partial charge in [0.05, 0.1) is 0 Å². The van der Waals surface area contributed by atoms with Crippen molar-refractivity contribution in [3.05, 3.63) is 0 Å². The summed E-state index contributed by atoms with van der Waals surface area (Å²) >= 11 is 0. The third-order valence-corrected chi connectivity index (χ3v) is 3.87. The van der Waals surface area contributed by atoms with Gasteiger partial charge < -0.3 is 15.7 Å². The maximum absolute atomic E-state index is 11.3. The molecule has 0 fully saturated rings. The second-order valence-corrected chi connectivity index (χ2v) is 5.45. The van der Waals surface area contributed by atoms with Crippen molar-refractivity contribution >= 4 is 7.37 Å². The van der Waals surface area contributed by atoms with Crippen LogP contribution >= 0.6 is 7.37 Å². The Morgan fingerprint density at radius 1 is 1.58 bits per heavy atom. The first-order valence-corrected chi connectivity index (χ1v) is 6.15. The van der Waals surface area contributed by atoms with E-state index >= 15 is 0 Å². The molecule has 1 unspecified atom stereocenters. The monoisotopic (exact) mass is 195 g/mol. The Labute approximate surface area is 73.2 Å². The fourth-order valence-electron chi connectivity index (χ4n) is 0.884. The molecule has 0 saturated carbocycles. The topological polar surface area (TPSA) is 83.5 Å². The third-order valence-electron chi connectivity index (χ3n) is 1.72. The molecule has 74 valence electrons. The number of aliphatic hydroxyl groups is 1. The molecule has 12 heavy (non-hydrogen) atoms. The van der Waals surface area contributed by atoms with Crippen LogP contribution in [0.4, 0.5) is 0 Å². The highest BCUT2D eigenvalue weighted by atomic mass is 31.2. The number of rotatable bonds is 6. The molecule has 4 nitrogen and oxygen atoms in total. The second-order valence-electron chi connectivity index (χ2n) is 2.89. The predicted octanol–water partition coefficient (Wildman–Crippen LogP) is 0.724. The summed E-state index contributed by atoms with van der Waals surface area (Å²) in [4.78, 5) is 9.30. The number of nitrogens with two attached hydrogens (primary N) is 1. The van der Waals surface area contributed by atoms with Gasteiger partial charge in [-0.1, -0.05) is 13.3 Å². The molecule has 0 aliphatic heterocycles. The van der Waals surface area contributed by atoms with Crippen molar-refractivity contribution in [1.29, 1.82) is 0 Å². The summed E-state index contributed by atoms with van der Waals surface area (Å²) in [6.45, 7) is 2.19. The molecule has 0 radical (unpaired) electrons. The summed E-state index contributed by atoms with van der Waals surface area (Å²) in [5.74, 6) is -1.13. The van der Waals surface area contributed by atoms with Gasteiger partial charge in [-0.3, -0.25) is 4.57 Å². The fraction of sp³-hybridized carbons (Fsp3) is 1.00. The van der Waals surface area contributed by atoms with Crippen LogP contribution in [0.15, 0.2) is 0 Å². The average Bonchev–Trinajstić information content (AvgIpc) is 2.01. The van der Waals surface area contributed by atoms with Gasteiger partial charge >= 0.3 is 0 Å². The number of hydrogen-bond donors (Lipinski definition) is 3. The zero-order valence-corrected chi connectivity index (χ0v) is 8.33. The highest BCUT2D eigenvalue weighted by molar-refractivity contribution is 7.58. The Balaban J connectivity index is 3.91. The van der Waals surface area contributed by atoms with E-state index in [4.69, 9.17) is 5.73 Å². The van der Waals surface area contributed by atoms with Gasteiger partial charge in [-0.25, -0.2) is 0 Å². The van der Waals surface area contributed by atoms with Gasteiger partial charge in [-0.15, -0.1) is 0 Å². The van der Waals surface area contributed by atoms with Crippen LogP contribution in [-0.2, 0) is 4.57 Å². The Hall–Kier alpha value is 0.110. The summed E-state index contributed by atoms with van der Waals surface area (Å²) in [7, 11) is -3.34. The van der Waals surface area contributed by atoms with Crippen LogP contribution in [0.25, 0.3) is 0 Å². The normalized spacial score (nSPS) is 18.7. The molecule has 0 aliphatic carbocycles. The fourth-order valence-corrected chi connectivity index (χ4v) is 2.50. The van der Waals surface area contributed by atoms with E-state index < -0.39 is 13.2 Å². The van der Waals surface area contributed by atoms with Crippen LogP contribution in [0.5, 0.6) is 0 Å². The number of hydrogen-bond acceptors (Lipinski definition) is 3. The molecule has 2 atom stereocenters. The van der Waals surface area contributed by atoms with Crippen molar-refractivity contribution < 1.29 is 14.6 Å². The first kappa shape index (κ1) is 12.1. The summed E-state index contributed by atoms with van der Waals surface area (Å²) in [5.41, 5.74) is 5.16. The molecule has 0 aliphatic rings. The molecule has 5 heteroatoms. The van der Waals surface area contributed by atoms with E-state index in [9.17, 15) is 14.6 Å². The van der Waals surface area contributed by atoms with Crippen LogP contribution in [-0.4, -0.2) is 28.6 Å². The average molecular weight is 195 g/mol. The van der Waals surface area contributed by atoms with Crippen LogP contribution in [0.2, 0.25) is 0 Å². The molecule has 4 N–H and O–H groups in total. The lowest BCUT2D eigenvalue weighted by Gasteiger charge is -2.16. The lowest BCUT2D eigenvalue weighted by Crippen LogP contribution is -2.15. The summed E-state index contributed by atoms with van der Waals surface area (Å²) in [6, 6.07) is 0. The minimum atomic E-state index is -3.34. The summed E-state index contributed by atoms with van der Waals surface area (Å²) < 4.78 is 11.3. The van der Waals surface area contributed by atoms with Crippen molar-refractivity contribution in [3.8, 4) is 0 Å². The van der Waals surface area contributed by atoms with Gasteiger partial charge in [-0.05, 0) is 19.4 Å². The SMILES string of the molecule is CCCCP(=O)(O)[C@@H](O)CCN. The van der Waals surface area contributed by atoms with E-state index in [0.717, 1.165) is 6.42 Å². The lowest BCUT2D eigenvalue weighted by atomic mass is 10.4. The van der Waals surface area contributed by atoms with Crippen molar-refractivity contribution in [2.75, 3.05) is 12.7 Å². The molecule has 0 aromatic rings. The van der Waals surface area contributed by atoms with E-state index in [0.29, 0.717) is 6.42 Å². The molecular formula is C7H18NO3P. The Kier molecular flexibility index (Phi) is 5.76. The molecule has 0 aromatic heterocycles. The van der Waals surface area contributed by atoms with E-state index in [1.165, 1.54) is 0 Å².